The molecule has 0 radical (unpaired) electrons. The fourth-order valence-corrected chi connectivity index (χ4v) is 0.938. The molecule has 0 aliphatic carbocycles. The molecule has 0 saturated heterocycles. The van der Waals surface area contributed by atoms with Crippen LogP contribution in [0.15, 0.2) is 36.5 Å². The molecule has 0 amide bonds. The highest BCUT2D eigenvalue weighted by molar-refractivity contribution is 6.74. The van der Waals surface area contributed by atoms with Crippen LogP contribution in [0.5, 0.6) is 0 Å². The van der Waals surface area contributed by atoms with Gasteiger partial charge in [0, 0.05) is 0 Å². The fourth-order valence-electron chi connectivity index (χ4n) is 0.938. The molecule has 0 spiro atoms. The lowest BCUT2D eigenvalue weighted by atomic mass is 9.48. The molecule has 0 aromatic heterocycles. The first-order chi connectivity index (χ1) is 3.95. The average molecular weight is 103 g/mol. The number of rotatable bonds is 0. The van der Waals surface area contributed by atoms with Crippen LogP contribution in [0.2, 0.25) is 0 Å². The van der Waals surface area contributed by atoms with Gasteiger partial charge in [0.05, 0.1) is 0 Å². The molecular weight excluding hydrogens is 96.9 g/mol. The summed E-state index contributed by atoms with van der Waals surface area (Å²) in [6, 6.07) is 0. The Morgan fingerprint density at radius 2 is 1.38 bits per heavy atom. The summed E-state index contributed by atoms with van der Waals surface area (Å²) in [5, 5.41) is 0. The molecule has 0 aromatic carbocycles. The van der Waals surface area contributed by atoms with E-state index < -0.39 is 0 Å². The minimum atomic E-state index is 0.569. The maximum atomic E-state index is 2.17. The van der Waals surface area contributed by atoms with Gasteiger partial charge in [-0.15, -0.1) is 0 Å². The van der Waals surface area contributed by atoms with Crippen molar-refractivity contribution in [2.45, 2.75) is 0 Å². The second-order valence-corrected chi connectivity index (χ2v) is 2.05. The third-order valence-electron chi connectivity index (χ3n) is 1.44. The Kier molecular flexibility index (Phi) is 0.642. The molecule has 3 heterocycles. The van der Waals surface area contributed by atoms with Crippen molar-refractivity contribution < 1.29 is 0 Å². The summed E-state index contributed by atoms with van der Waals surface area (Å²) in [7, 11) is 0. The van der Waals surface area contributed by atoms with Crippen molar-refractivity contribution in [3.8, 4) is 0 Å². The molecular formula is C6H6BN. The van der Waals surface area contributed by atoms with Crippen LogP contribution in [-0.4, -0.2) is 11.6 Å². The summed E-state index contributed by atoms with van der Waals surface area (Å²) < 4.78 is 0. The quantitative estimate of drug-likeness (QED) is 0.413. The first kappa shape index (κ1) is 4.01. The number of hydrogen-bond acceptors (Lipinski definition) is 1. The second-order valence-electron chi connectivity index (χ2n) is 2.05. The standard InChI is InChI=1S/C6H6BN/c1-4-8-5-2-7(1)3-6-8/h1-6H. The van der Waals surface area contributed by atoms with E-state index in [0.29, 0.717) is 6.71 Å². The van der Waals surface area contributed by atoms with Gasteiger partial charge in [-0.3, -0.25) is 0 Å². The van der Waals surface area contributed by atoms with Crippen LogP contribution in [0.25, 0.3) is 0 Å². The van der Waals surface area contributed by atoms with E-state index in [-0.39, 0.29) is 0 Å². The zero-order valence-corrected chi connectivity index (χ0v) is 4.49. The van der Waals surface area contributed by atoms with E-state index in [1.54, 1.807) is 0 Å². The summed E-state index contributed by atoms with van der Waals surface area (Å²) >= 11 is 0. The van der Waals surface area contributed by atoms with Gasteiger partial charge in [-0.05, 0) is 18.6 Å². The van der Waals surface area contributed by atoms with Gasteiger partial charge < -0.3 is 4.90 Å². The van der Waals surface area contributed by atoms with Crippen LogP contribution in [0.1, 0.15) is 0 Å². The Bertz CT molecular complexity index is 130. The first-order valence-corrected chi connectivity index (χ1v) is 2.77. The largest absolute Gasteiger partial charge is 0.334 e. The SMILES string of the molecule is C1=CN2C=CB1C=C2. The predicted octanol–water partition coefficient (Wildman–Crippen LogP) is 0.969. The Hall–Kier alpha value is -0.915. The van der Waals surface area contributed by atoms with Crippen molar-refractivity contribution in [3.63, 3.8) is 0 Å². The van der Waals surface area contributed by atoms with Gasteiger partial charge in [-0.25, -0.2) is 0 Å². The minimum absolute atomic E-state index is 0.569. The van der Waals surface area contributed by atoms with E-state index in [1.165, 1.54) is 0 Å². The maximum absolute atomic E-state index is 2.17. The van der Waals surface area contributed by atoms with Gasteiger partial charge in [0.25, 0.3) is 0 Å². The summed E-state index contributed by atoms with van der Waals surface area (Å²) in [6.07, 6.45) is 6.22. The van der Waals surface area contributed by atoms with Crippen LogP contribution in [0.3, 0.4) is 0 Å². The van der Waals surface area contributed by atoms with Crippen molar-refractivity contribution in [2.24, 2.45) is 0 Å². The predicted molar refractivity (Wildman–Crippen MR) is 35.0 cm³/mol. The van der Waals surface area contributed by atoms with Crippen molar-refractivity contribution in [3.05, 3.63) is 36.5 Å². The average Bonchev–Trinajstić information content (AvgIpc) is 1.92. The Morgan fingerprint density at radius 1 is 0.875 bits per heavy atom. The van der Waals surface area contributed by atoms with Crippen LogP contribution < -0.4 is 0 Å². The molecule has 2 bridgehead atoms. The number of hydrogen-bond donors (Lipinski definition) is 0. The highest BCUT2D eigenvalue weighted by atomic mass is 15.1. The van der Waals surface area contributed by atoms with Gasteiger partial charge in [-0.1, -0.05) is 17.9 Å². The first-order valence-electron chi connectivity index (χ1n) is 2.77. The van der Waals surface area contributed by atoms with Crippen molar-refractivity contribution in [2.75, 3.05) is 0 Å². The molecule has 3 aliphatic rings. The smallest absolute Gasteiger partial charge is 0.222 e. The highest BCUT2D eigenvalue weighted by Crippen LogP contribution is 2.10. The molecule has 38 valence electrons. The van der Waals surface area contributed by atoms with Crippen molar-refractivity contribution >= 4 is 6.71 Å². The van der Waals surface area contributed by atoms with Gasteiger partial charge in [0.2, 0.25) is 6.71 Å². The molecule has 2 heteroatoms. The minimum Gasteiger partial charge on any atom is -0.334 e. The maximum Gasteiger partial charge on any atom is 0.222 e. The zero-order chi connectivity index (χ0) is 5.40. The molecule has 0 N–H and O–H groups in total. The Morgan fingerprint density at radius 3 is 1.50 bits per heavy atom. The molecule has 0 unspecified atom stereocenters. The van der Waals surface area contributed by atoms with E-state index in [0.717, 1.165) is 0 Å². The Labute approximate surface area is 49.1 Å². The molecule has 3 aliphatic heterocycles. The molecule has 0 aromatic rings. The molecule has 8 heavy (non-hydrogen) atoms. The van der Waals surface area contributed by atoms with Gasteiger partial charge in [0.1, 0.15) is 0 Å². The normalized spacial score (nSPS) is 21.0. The highest BCUT2D eigenvalue weighted by Gasteiger charge is 2.10. The van der Waals surface area contributed by atoms with Crippen LogP contribution >= 0.6 is 0 Å². The molecule has 1 nitrogen and oxygen atoms in total. The van der Waals surface area contributed by atoms with Crippen molar-refractivity contribution in [1.29, 1.82) is 0 Å². The van der Waals surface area contributed by atoms with E-state index in [2.05, 4.69) is 36.5 Å². The van der Waals surface area contributed by atoms with Gasteiger partial charge >= 0.3 is 0 Å². The lowest BCUT2D eigenvalue weighted by Crippen LogP contribution is -2.19. The summed E-state index contributed by atoms with van der Waals surface area (Å²) in [4.78, 5) is 2.04. The summed E-state index contributed by atoms with van der Waals surface area (Å²) in [6.45, 7) is 0.569. The lowest BCUT2D eigenvalue weighted by Gasteiger charge is -2.19. The molecule has 0 fully saturated rings. The van der Waals surface area contributed by atoms with E-state index in [1.807, 2.05) is 4.90 Å². The monoisotopic (exact) mass is 103 g/mol. The second kappa shape index (κ2) is 1.28. The van der Waals surface area contributed by atoms with Crippen LogP contribution in [-0.2, 0) is 0 Å². The molecule has 0 atom stereocenters. The van der Waals surface area contributed by atoms with E-state index in [4.69, 9.17) is 0 Å². The topological polar surface area (TPSA) is 3.24 Å². The Balaban J connectivity index is 2.39. The summed E-state index contributed by atoms with van der Waals surface area (Å²) in [5.74, 6) is 6.50. The lowest BCUT2D eigenvalue weighted by molar-refractivity contribution is 0.687. The van der Waals surface area contributed by atoms with Crippen molar-refractivity contribution in [1.82, 2.24) is 4.90 Å². The third-order valence-corrected chi connectivity index (χ3v) is 1.44. The number of nitrogens with zero attached hydrogens (tertiary/aromatic N) is 1. The van der Waals surface area contributed by atoms with E-state index >= 15 is 0 Å². The zero-order valence-electron chi connectivity index (χ0n) is 4.49. The third kappa shape index (κ3) is 0.428. The fraction of sp³-hybridized carbons (Fsp3) is 0. The molecule has 3 rings (SSSR count). The van der Waals surface area contributed by atoms with Crippen LogP contribution in [0, 0.1) is 0 Å². The van der Waals surface area contributed by atoms with Gasteiger partial charge in [-0.2, -0.15) is 0 Å². The van der Waals surface area contributed by atoms with Crippen LogP contribution in [0.4, 0.5) is 0 Å². The summed E-state index contributed by atoms with van der Waals surface area (Å²) in [5.41, 5.74) is 0. The van der Waals surface area contributed by atoms with E-state index in [9.17, 15) is 0 Å². The molecule has 0 saturated carbocycles. The van der Waals surface area contributed by atoms with Gasteiger partial charge in [0.15, 0.2) is 0 Å².